The van der Waals surface area contributed by atoms with Crippen LogP contribution in [-0.4, -0.2) is 15.7 Å². The second kappa shape index (κ2) is 6.59. The lowest BCUT2D eigenvalue weighted by atomic mass is 10.1. The fraction of sp³-hybridized carbons (Fsp3) is 0.250. The Morgan fingerprint density at radius 3 is 2.62 bits per heavy atom. The lowest BCUT2D eigenvalue weighted by molar-refractivity contribution is -0.117. The Hall–Kier alpha value is -2.07. The van der Waals surface area contributed by atoms with Crippen LogP contribution in [-0.2, 0) is 11.8 Å². The summed E-state index contributed by atoms with van der Waals surface area (Å²) in [5.41, 5.74) is 2.62. The summed E-state index contributed by atoms with van der Waals surface area (Å²) in [6.07, 6.45) is 3.17. The quantitative estimate of drug-likeness (QED) is 0.881. The molecule has 2 rings (SSSR count). The largest absolute Gasteiger partial charge is 0.346 e. The minimum atomic E-state index is -0.161. The Morgan fingerprint density at radius 2 is 2.05 bits per heavy atom. The Labute approximate surface area is 129 Å². The summed E-state index contributed by atoms with van der Waals surface area (Å²) >= 11 is 6.12. The number of aryl methyl sites for hydroxylation is 2. The van der Waals surface area contributed by atoms with Crippen LogP contribution in [0.15, 0.2) is 36.4 Å². The number of benzene rings is 1. The van der Waals surface area contributed by atoms with Crippen molar-refractivity contribution in [2.75, 3.05) is 0 Å². The Balaban J connectivity index is 2.03. The number of rotatable bonds is 4. The fourth-order valence-corrected chi connectivity index (χ4v) is 2.32. The fourth-order valence-electron chi connectivity index (χ4n) is 2.08. The molecule has 1 unspecified atom stereocenters. The van der Waals surface area contributed by atoms with Crippen LogP contribution in [0.1, 0.15) is 29.8 Å². The highest BCUT2D eigenvalue weighted by atomic mass is 35.5. The monoisotopic (exact) mass is 303 g/mol. The Bertz CT molecular complexity index is 662. The molecule has 0 spiro atoms. The summed E-state index contributed by atoms with van der Waals surface area (Å²) in [5, 5.41) is 7.64. The van der Waals surface area contributed by atoms with Gasteiger partial charge in [-0.25, -0.2) is 0 Å². The van der Waals surface area contributed by atoms with Crippen LogP contribution in [0.25, 0.3) is 6.08 Å². The molecule has 1 heterocycles. The molecule has 1 N–H and O–H groups in total. The number of hydrogen-bond acceptors (Lipinski definition) is 2. The predicted octanol–water partition coefficient (Wildman–Crippen LogP) is 3.27. The Morgan fingerprint density at radius 1 is 1.38 bits per heavy atom. The zero-order chi connectivity index (χ0) is 15.4. The Kier molecular flexibility index (Phi) is 4.81. The van der Waals surface area contributed by atoms with Gasteiger partial charge in [-0.3, -0.25) is 9.48 Å². The van der Waals surface area contributed by atoms with Gasteiger partial charge in [-0.15, -0.1) is 0 Å². The van der Waals surface area contributed by atoms with Gasteiger partial charge < -0.3 is 5.32 Å². The lowest BCUT2D eigenvalue weighted by Gasteiger charge is -2.12. The minimum absolute atomic E-state index is 0.0474. The van der Waals surface area contributed by atoms with E-state index in [9.17, 15) is 4.79 Å². The molecule has 0 aliphatic rings. The van der Waals surface area contributed by atoms with E-state index in [1.54, 1.807) is 17.8 Å². The van der Waals surface area contributed by atoms with Crippen molar-refractivity contribution in [3.05, 3.63) is 58.4 Å². The number of amides is 1. The second-order valence-electron chi connectivity index (χ2n) is 4.89. The topological polar surface area (TPSA) is 46.9 Å². The van der Waals surface area contributed by atoms with Gasteiger partial charge in [-0.2, -0.15) is 5.10 Å². The summed E-state index contributed by atoms with van der Waals surface area (Å²) in [4.78, 5) is 12.0. The highest BCUT2D eigenvalue weighted by Crippen LogP contribution is 2.20. The van der Waals surface area contributed by atoms with Gasteiger partial charge in [0.2, 0.25) is 5.91 Å². The molecule has 1 atom stereocenters. The van der Waals surface area contributed by atoms with Gasteiger partial charge in [0.15, 0.2) is 0 Å². The van der Waals surface area contributed by atoms with E-state index in [1.807, 2.05) is 44.2 Å². The maximum Gasteiger partial charge on any atom is 0.244 e. The van der Waals surface area contributed by atoms with E-state index < -0.39 is 0 Å². The molecular formula is C16H18ClN3O. The van der Waals surface area contributed by atoms with Crippen LogP contribution in [0.2, 0.25) is 5.15 Å². The molecular weight excluding hydrogens is 286 g/mol. The smallest absolute Gasteiger partial charge is 0.244 e. The molecule has 0 saturated carbocycles. The molecule has 21 heavy (non-hydrogen) atoms. The second-order valence-corrected chi connectivity index (χ2v) is 5.25. The van der Waals surface area contributed by atoms with E-state index in [-0.39, 0.29) is 11.9 Å². The maximum atomic E-state index is 12.0. The number of carbonyl (C=O) groups is 1. The van der Waals surface area contributed by atoms with Crippen molar-refractivity contribution in [1.29, 1.82) is 0 Å². The molecule has 0 saturated heterocycles. The first kappa shape index (κ1) is 15.3. The van der Waals surface area contributed by atoms with Crippen LogP contribution in [0.5, 0.6) is 0 Å². The van der Waals surface area contributed by atoms with Crippen LogP contribution in [0.3, 0.4) is 0 Å². The predicted molar refractivity (Wildman–Crippen MR) is 85.0 cm³/mol. The number of halogens is 1. The molecule has 110 valence electrons. The van der Waals surface area contributed by atoms with Gasteiger partial charge in [-0.05, 0) is 25.5 Å². The highest BCUT2D eigenvalue weighted by molar-refractivity contribution is 6.31. The van der Waals surface area contributed by atoms with E-state index in [2.05, 4.69) is 10.4 Å². The molecule has 0 radical (unpaired) electrons. The van der Waals surface area contributed by atoms with Gasteiger partial charge in [0.1, 0.15) is 5.15 Å². The van der Waals surface area contributed by atoms with Crippen molar-refractivity contribution in [1.82, 2.24) is 15.1 Å². The number of aromatic nitrogens is 2. The number of carbonyl (C=O) groups excluding carboxylic acids is 1. The summed E-state index contributed by atoms with van der Waals surface area (Å²) in [6, 6.07) is 9.77. The normalized spacial score (nSPS) is 12.6. The van der Waals surface area contributed by atoms with Crippen molar-refractivity contribution < 1.29 is 4.79 Å². The summed E-state index contributed by atoms with van der Waals surface area (Å²) in [6.45, 7) is 3.80. The maximum absolute atomic E-state index is 12.0. The number of nitrogens with one attached hydrogen (secondary N) is 1. The van der Waals surface area contributed by atoms with Crippen LogP contribution in [0.4, 0.5) is 0 Å². The average molecular weight is 304 g/mol. The molecule has 4 nitrogen and oxygen atoms in total. The van der Waals surface area contributed by atoms with Crippen LogP contribution >= 0.6 is 11.6 Å². The third kappa shape index (κ3) is 3.73. The minimum Gasteiger partial charge on any atom is -0.346 e. The first-order valence-corrected chi connectivity index (χ1v) is 7.09. The molecule has 0 aliphatic carbocycles. The SMILES string of the molecule is Cc1nn(C)c(Cl)c1/C=C/C(=O)NC(C)c1ccccc1. The molecule has 0 aliphatic heterocycles. The highest BCUT2D eigenvalue weighted by Gasteiger charge is 2.10. The zero-order valence-electron chi connectivity index (χ0n) is 12.3. The van der Waals surface area contributed by atoms with Gasteiger partial charge in [0.25, 0.3) is 0 Å². The molecule has 5 heteroatoms. The van der Waals surface area contributed by atoms with Gasteiger partial charge in [0, 0.05) is 18.7 Å². The van der Waals surface area contributed by atoms with Crippen LogP contribution in [0, 0.1) is 6.92 Å². The van der Waals surface area contributed by atoms with E-state index in [4.69, 9.17) is 11.6 Å². The average Bonchev–Trinajstić information content (AvgIpc) is 2.71. The number of hydrogen-bond donors (Lipinski definition) is 1. The van der Waals surface area contributed by atoms with E-state index in [0.29, 0.717) is 5.15 Å². The summed E-state index contributed by atoms with van der Waals surface area (Å²) < 4.78 is 1.58. The molecule has 0 fully saturated rings. The van der Waals surface area contributed by atoms with Gasteiger partial charge in [0.05, 0.1) is 11.7 Å². The van der Waals surface area contributed by atoms with Gasteiger partial charge in [-0.1, -0.05) is 41.9 Å². The first-order valence-electron chi connectivity index (χ1n) is 6.71. The molecule has 0 bridgehead atoms. The molecule has 1 amide bonds. The lowest BCUT2D eigenvalue weighted by Crippen LogP contribution is -2.24. The van der Waals surface area contributed by atoms with E-state index in [1.165, 1.54) is 6.08 Å². The third-order valence-corrected chi connectivity index (χ3v) is 3.70. The summed E-state index contributed by atoms with van der Waals surface area (Å²) in [7, 11) is 1.77. The van der Waals surface area contributed by atoms with Crippen molar-refractivity contribution in [2.45, 2.75) is 19.9 Å². The first-order chi connectivity index (χ1) is 9.99. The van der Waals surface area contributed by atoms with E-state index >= 15 is 0 Å². The molecule has 1 aromatic carbocycles. The van der Waals surface area contributed by atoms with E-state index in [0.717, 1.165) is 16.8 Å². The van der Waals surface area contributed by atoms with Crippen molar-refractivity contribution in [2.24, 2.45) is 7.05 Å². The van der Waals surface area contributed by atoms with Crippen molar-refractivity contribution in [3.63, 3.8) is 0 Å². The third-order valence-electron chi connectivity index (χ3n) is 3.26. The molecule has 2 aromatic rings. The number of nitrogens with zero attached hydrogens (tertiary/aromatic N) is 2. The van der Waals surface area contributed by atoms with Crippen LogP contribution < -0.4 is 5.32 Å². The van der Waals surface area contributed by atoms with Crippen molar-refractivity contribution >= 4 is 23.6 Å². The molecule has 1 aromatic heterocycles. The summed E-state index contributed by atoms with van der Waals surface area (Å²) in [5.74, 6) is -0.161. The standard InChI is InChI=1S/C16H18ClN3O/c1-11(13-7-5-4-6-8-13)18-15(21)10-9-14-12(2)19-20(3)16(14)17/h4-11H,1-3H3,(H,18,21)/b10-9+. The zero-order valence-corrected chi connectivity index (χ0v) is 13.1. The van der Waals surface area contributed by atoms with Crippen molar-refractivity contribution in [3.8, 4) is 0 Å². The van der Waals surface area contributed by atoms with Gasteiger partial charge >= 0.3 is 0 Å².